The number of hydrogen-bond acceptors (Lipinski definition) is 3. The third kappa shape index (κ3) is 6.20. The van der Waals surface area contributed by atoms with E-state index in [1.807, 2.05) is 24.1 Å². The number of hydrogen-bond donors (Lipinski definition) is 1. The maximum Gasteiger partial charge on any atom is 0.193 e. The molecule has 1 aromatic carbocycles. The Hall–Kier alpha value is -1.09. The monoisotopic (exact) mass is 504 g/mol. The molecule has 0 amide bonds. The van der Waals surface area contributed by atoms with Crippen LogP contribution in [0.2, 0.25) is 0 Å². The van der Waals surface area contributed by atoms with E-state index in [0.29, 0.717) is 25.4 Å². The number of anilines is 1. The van der Waals surface area contributed by atoms with Crippen molar-refractivity contribution in [2.45, 2.75) is 33.2 Å². The minimum Gasteiger partial charge on any atom is -0.378 e. The van der Waals surface area contributed by atoms with Crippen LogP contribution >= 0.6 is 24.0 Å². The van der Waals surface area contributed by atoms with Crippen LogP contribution in [-0.2, 0) is 11.3 Å². The van der Waals surface area contributed by atoms with Crippen LogP contribution in [-0.4, -0.2) is 57.3 Å². The number of likely N-dealkylation sites (tertiary alicyclic amines) is 1. The number of aliphatic imine (C=N–C) groups is 1. The highest BCUT2D eigenvalue weighted by molar-refractivity contribution is 14.0. The zero-order chi connectivity index (χ0) is 19.2. The van der Waals surface area contributed by atoms with Crippen molar-refractivity contribution >= 4 is 35.6 Å². The summed E-state index contributed by atoms with van der Waals surface area (Å²) in [7, 11) is 1.82. The van der Waals surface area contributed by atoms with Crippen LogP contribution < -0.4 is 10.2 Å². The average Bonchev–Trinajstić information content (AvgIpc) is 3.10. The van der Waals surface area contributed by atoms with Gasteiger partial charge >= 0.3 is 0 Å². The summed E-state index contributed by atoms with van der Waals surface area (Å²) in [5, 5.41) is 3.40. The molecule has 0 radical (unpaired) electrons. The van der Waals surface area contributed by atoms with Crippen LogP contribution in [0.1, 0.15) is 32.3 Å². The Morgan fingerprint density at radius 3 is 2.68 bits per heavy atom. The summed E-state index contributed by atoms with van der Waals surface area (Å²) in [6.07, 6.45) is 2.49. The highest BCUT2D eigenvalue weighted by Gasteiger charge is 2.25. The summed E-state index contributed by atoms with van der Waals surface area (Å²) in [6.45, 7) is 10.1. The van der Waals surface area contributed by atoms with Gasteiger partial charge in [-0.1, -0.05) is 19.9 Å². The molecule has 2 heterocycles. The fraction of sp³-hybridized carbons (Fsp3) is 0.667. The van der Waals surface area contributed by atoms with Gasteiger partial charge in [0, 0.05) is 39.8 Å². The summed E-state index contributed by atoms with van der Waals surface area (Å²) in [5.41, 5.74) is 1.60. The average molecular weight is 504 g/mol. The first-order valence-corrected chi connectivity index (χ1v) is 10.1. The Balaban J connectivity index is 0.00000280. The Morgan fingerprint density at radius 2 is 2.04 bits per heavy atom. The summed E-state index contributed by atoms with van der Waals surface area (Å²) in [4.78, 5) is 8.80. The maximum atomic E-state index is 14.6. The standard InChI is InChI=1S/C21H33FN4O.HI/c1-16(2)12-18-6-7-26(15-18)21(23-3)24-14-17-4-5-20(19(22)13-17)25-8-10-27-11-9-25;/h4-5,13,16,18H,6-12,14-15H2,1-3H3,(H,23,24);1H. The molecule has 158 valence electrons. The normalized spacial score (nSPS) is 20.5. The lowest BCUT2D eigenvalue weighted by Gasteiger charge is -2.29. The number of ether oxygens (including phenoxy) is 1. The number of nitrogens with one attached hydrogen (secondary N) is 1. The van der Waals surface area contributed by atoms with Crippen molar-refractivity contribution in [2.24, 2.45) is 16.8 Å². The Bertz CT molecular complexity index is 649. The molecule has 5 nitrogen and oxygen atoms in total. The number of rotatable bonds is 5. The van der Waals surface area contributed by atoms with E-state index in [2.05, 4.69) is 29.1 Å². The fourth-order valence-electron chi connectivity index (χ4n) is 4.12. The van der Waals surface area contributed by atoms with Crippen molar-refractivity contribution in [3.05, 3.63) is 29.6 Å². The van der Waals surface area contributed by atoms with E-state index in [4.69, 9.17) is 4.74 Å². The first-order valence-electron chi connectivity index (χ1n) is 10.1. The molecule has 0 bridgehead atoms. The molecule has 1 unspecified atom stereocenters. The van der Waals surface area contributed by atoms with Crippen LogP contribution in [0.25, 0.3) is 0 Å². The van der Waals surface area contributed by atoms with Crippen molar-refractivity contribution in [1.29, 1.82) is 0 Å². The van der Waals surface area contributed by atoms with E-state index in [-0.39, 0.29) is 29.8 Å². The molecule has 3 rings (SSSR count). The highest BCUT2D eigenvalue weighted by Crippen LogP contribution is 2.24. The summed E-state index contributed by atoms with van der Waals surface area (Å²) in [5.74, 6) is 2.23. The third-order valence-electron chi connectivity index (χ3n) is 5.42. The molecule has 0 saturated carbocycles. The molecular weight excluding hydrogens is 470 g/mol. The number of guanidine groups is 1. The molecule has 1 N–H and O–H groups in total. The fourth-order valence-corrected chi connectivity index (χ4v) is 4.12. The molecule has 2 fully saturated rings. The van der Waals surface area contributed by atoms with Gasteiger partial charge in [-0.05, 0) is 42.4 Å². The van der Waals surface area contributed by atoms with E-state index in [0.717, 1.165) is 49.5 Å². The van der Waals surface area contributed by atoms with Crippen LogP contribution in [0.4, 0.5) is 10.1 Å². The van der Waals surface area contributed by atoms with E-state index in [1.165, 1.54) is 12.8 Å². The van der Waals surface area contributed by atoms with Crippen molar-refractivity contribution in [2.75, 3.05) is 51.3 Å². The van der Waals surface area contributed by atoms with Gasteiger partial charge in [0.1, 0.15) is 5.82 Å². The van der Waals surface area contributed by atoms with Gasteiger partial charge in [0.2, 0.25) is 0 Å². The Morgan fingerprint density at radius 1 is 1.29 bits per heavy atom. The van der Waals surface area contributed by atoms with E-state index in [9.17, 15) is 4.39 Å². The maximum absolute atomic E-state index is 14.6. The Kier molecular flexibility index (Phi) is 9.27. The first kappa shape index (κ1) is 23.2. The second-order valence-electron chi connectivity index (χ2n) is 8.02. The van der Waals surface area contributed by atoms with Gasteiger partial charge in [-0.15, -0.1) is 24.0 Å². The predicted molar refractivity (Wildman–Crippen MR) is 124 cm³/mol. The zero-order valence-electron chi connectivity index (χ0n) is 17.3. The van der Waals surface area contributed by atoms with Gasteiger partial charge in [0.25, 0.3) is 0 Å². The topological polar surface area (TPSA) is 40.1 Å². The summed E-state index contributed by atoms with van der Waals surface area (Å²) in [6, 6.07) is 5.52. The molecule has 28 heavy (non-hydrogen) atoms. The molecule has 1 atom stereocenters. The smallest absolute Gasteiger partial charge is 0.193 e. The molecule has 2 saturated heterocycles. The van der Waals surface area contributed by atoms with Gasteiger partial charge in [0.05, 0.1) is 18.9 Å². The van der Waals surface area contributed by atoms with Gasteiger partial charge in [0.15, 0.2) is 5.96 Å². The number of benzene rings is 1. The van der Waals surface area contributed by atoms with Crippen molar-refractivity contribution in [1.82, 2.24) is 10.2 Å². The second kappa shape index (κ2) is 11.2. The third-order valence-corrected chi connectivity index (χ3v) is 5.42. The van der Waals surface area contributed by atoms with Gasteiger partial charge in [-0.3, -0.25) is 4.99 Å². The summed E-state index contributed by atoms with van der Waals surface area (Å²) >= 11 is 0. The molecule has 2 aliphatic rings. The Labute approximate surface area is 185 Å². The van der Waals surface area contributed by atoms with Crippen LogP contribution in [0.15, 0.2) is 23.2 Å². The quantitative estimate of drug-likeness (QED) is 0.377. The van der Waals surface area contributed by atoms with Gasteiger partial charge < -0.3 is 19.9 Å². The molecule has 2 aliphatic heterocycles. The van der Waals surface area contributed by atoms with Crippen LogP contribution in [0.5, 0.6) is 0 Å². The lowest BCUT2D eigenvalue weighted by molar-refractivity contribution is 0.122. The number of morpholine rings is 1. The van der Waals surface area contributed by atoms with E-state index in [1.54, 1.807) is 6.07 Å². The minimum atomic E-state index is -0.163. The highest BCUT2D eigenvalue weighted by atomic mass is 127. The molecule has 0 aromatic heterocycles. The van der Waals surface area contributed by atoms with Gasteiger partial charge in [-0.2, -0.15) is 0 Å². The molecule has 1 aromatic rings. The van der Waals surface area contributed by atoms with Crippen LogP contribution in [0, 0.1) is 17.7 Å². The number of halogens is 2. The van der Waals surface area contributed by atoms with E-state index < -0.39 is 0 Å². The van der Waals surface area contributed by atoms with Crippen molar-refractivity contribution < 1.29 is 9.13 Å². The predicted octanol–water partition coefficient (Wildman–Crippen LogP) is 3.72. The summed E-state index contributed by atoms with van der Waals surface area (Å²) < 4.78 is 19.9. The first-order chi connectivity index (χ1) is 13.1. The number of nitrogens with zero attached hydrogens (tertiary/aromatic N) is 3. The van der Waals surface area contributed by atoms with Crippen LogP contribution in [0.3, 0.4) is 0 Å². The zero-order valence-corrected chi connectivity index (χ0v) is 19.6. The molecule has 0 aliphatic carbocycles. The lowest BCUT2D eigenvalue weighted by Crippen LogP contribution is -2.39. The molecule has 7 heteroatoms. The largest absolute Gasteiger partial charge is 0.378 e. The molecular formula is C21H34FIN4O. The SMILES string of the molecule is CN=C(NCc1ccc(N2CCOCC2)c(F)c1)N1CCC(CC(C)C)C1.I. The minimum absolute atomic E-state index is 0. The van der Waals surface area contributed by atoms with Gasteiger partial charge in [-0.25, -0.2) is 4.39 Å². The lowest BCUT2D eigenvalue weighted by atomic mass is 9.97. The van der Waals surface area contributed by atoms with E-state index >= 15 is 0 Å². The molecule has 0 spiro atoms. The van der Waals surface area contributed by atoms with Crippen molar-refractivity contribution in [3.8, 4) is 0 Å². The van der Waals surface area contributed by atoms with Crippen molar-refractivity contribution in [3.63, 3.8) is 0 Å². The second-order valence-corrected chi connectivity index (χ2v) is 8.02.